The summed E-state index contributed by atoms with van der Waals surface area (Å²) in [5.74, 6) is -4.83. The second-order valence-electron chi connectivity index (χ2n) is 8.63. The number of amides is 2. The van der Waals surface area contributed by atoms with Crippen LogP contribution >= 0.6 is 0 Å². The first-order valence-electron chi connectivity index (χ1n) is 12.2. The molecule has 5 atom stereocenters. The molecule has 1 aliphatic heterocycles. The summed E-state index contributed by atoms with van der Waals surface area (Å²) in [4.78, 5) is 81.7. The van der Waals surface area contributed by atoms with Gasteiger partial charge in [0.2, 0.25) is 0 Å². The monoisotopic (exact) mass is 595 g/mol. The number of benzene rings is 1. The van der Waals surface area contributed by atoms with E-state index < -0.39 is 90.2 Å². The average molecular weight is 596 g/mol. The molecule has 0 radical (unpaired) electrons. The van der Waals surface area contributed by atoms with Crippen LogP contribution in [0, 0.1) is 10.1 Å². The molecule has 0 unspecified atom stereocenters. The summed E-state index contributed by atoms with van der Waals surface area (Å²) in [7, 11) is 0. The zero-order valence-corrected chi connectivity index (χ0v) is 23.0. The Morgan fingerprint density at radius 1 is 0.929 bits per heavy atom. The lowest BCUT2D eigenvalue weighted by molar-refractivity contribution is -0.386. The summed E-state index contributed by atoms with van der Waals surface area (Å²) in [6.45, 7) is 6.44. The summed E-state index contributed by atoms with van der Waals surface area (Å²) < 4.78 is 32.4. The number of carbonyl (C=O) groups is 6. The number of ether oxygens (including phenoxy) is 6. The largest absolute Gasteiger partial charge is 0.463 e. The number of nitrogens with zero attached hydrogens (tertiary/aromatic N) is 1. The predicted molar refractivity (Wildman–Crippen MR) is 136 cm³/mol. The minimum Gasteiger partial charge on any atom is -0.463 e. The van der Waals surface area contributed by atoms with Gasteiger partial charge >= 0.3 is 23.9 Å². The highest BCUT2D eigenvalue weighted by molar-refractivity contribution is 5.97. The number of rotatable bonds is 11. The van der Waals surface area contributed by atoms with Crippen LogP contribution in [0.25, 0.3) is 0 Å². The zero-order valence-electron chi connectivity index (χ0n) is 23.0. The minimum atomic E-state index is -1.58. The van der Waals surface area contributed by atoms with Gasteiger partial charge in [0.1, 0.15) is 12.7 Å². The van der Waals surface area contributed by atoms with Crippen LogP contribution in [-0.2, 0) is 59.0 Å². The molecule has 1 aromatic carbocycles. The van der Waals surface area contributed by atoms with E-state index in [0.29, 0.717) is 0 Å². The van der Waals surface area contributed by atoms with Crippen LogP contribution in [0.2, 0.25) is 0 Å². The summed E-state index contributed by atoms with van der Waals surface area (Å²) >= 11 is 0. The van der Waals surface area contributed by atoms with E-state index in [2.05, 4.69) is 12.0 Å². The highest BCUT2D eigenvalue weighted by atomic mass is 16.7. The Hall–Kier alpha value is -4.90. The van der Waals surface area contributed by atoms with E-state index in [1.54, 1.807) is 0 Å². The van der Waals surface area contributed by atoms with E-state index in [0.717, 1.165) is 39.8 Å². The standard InChI is InChI=1S/C25H29N3O14/c1-6-20(33)26-27-24(34)16-7-8-17(18(9-16)28(35)36)10-38-25-23(41-15(5)32)22(40-14(4)31)21(39-13(3)30)19(42-25)11-37-12(2)29/h6-9,19,21-23,25H,1,10-11H2,2-5H3,(H,26,33)(H,27,34)/t19-,21-,22+,23-,25-/m1/s1. The molecule has 1 saturated heterocycles. The Balaban J connectivity index is 2.41. The van der Waals surface area contributed by atoms with Gasteiger partial charge in [-0.05, 0) is 18.2 Å². The van der Waals surface area contributed by atoms with E-state index in [1.165, 1.54) is 12.1 Å². The molecule has 2 rings (SSSR count). The van der Waals surface area contributed by atoms with Crippen LogP contribution in [0.5, 0.6) is 0 Å². The molecule has 17 heteroatoms. The molecule has 1 aromatic rings. The van der Waals surface area contributed by atoms with Crippen LogP contribution in [0.1, 0.15) is 43.6 Å². The van der Waals surface area contributed by atoms with Crippen molar-refractivity contribution < 1.29 is 62.1 Å². The molecule has 2 amide bonds. The number of carbonyl (C=O) groups excluding carboxylic acids is 6. The molecule has 0 spiro atoms. The maximum atomic E-state index is 12.3. The summed E-state index contributed by atoms with van der Waals surface area (Å²) in [5.41, 5.74) is 3.30. The third-order valence-electron chi connectivity index (χ3n) is 5.38. The molecule has 17 nitrogen and oxygen atoms in total. The fourth-order valence-electron chi connectivity index (χ4n) is 3.73. The molecule has 228 valence electrons. The SMILES string of the molecule is C=CC(=O)NNC(=O)c1ccc(CO[C@@H]2O[C@H](COC(C)=O)[C@@H](OC(C)=O)[C@H](OC(C)=O)[C@H]2OC(C)=O)c([N+](=O)[O-])c1. The average Bonchev–Trinajstić information content (AvgIpc) is 2.90. The van der Waals surface area contributed by atoms with Crippen molar-refractivity contribution in [3.63, 3.8) is 0 Å². The Morgan fingerprint density at radius 2 is 1.52 bits per heavy atom. The predicted octanol–water partition coefficient (Wildman–Crippen LogP) is 0.142. The molecule has 0 aliphatic carbocycles. The smallest absolute Gasteiger partial charge is 0.303 e. The number of esters is 4. The third kappa shape index (κ3) is 9.63. The van der Waals surface area contributed by atoms with Gasteiger partial charge in [0, 0.05) is 39.3 Å². The van der Waals surface area contributed by atoms with Crippen molar-refractivity contribution in [2.45, 2.75) is 65.0 Å². The van der Waals surface area contributed by atoms with E-state index in [1.807, 2.05) is 5.43 Å². The molecule has 0 saturated carbocycles. The second-order valence-corrected chi connectivity index (χ2v) is 8.63. The van der Waals surface area contributed by atoms with Gasteiger partial charge in [-0.1, -0.05) is 6.58 Å². The van der Waals surface area contributed by atoms with Crippen molar-refractivity contribution in [1.29, 1.82) is 0 Å². The van der Waals surface area contributed by atoms with Crippen molar-refractivity contribution >= 4 is 41.4 Å². The topological polar surface area (TPSA) is 225 Å². The number of nitro groups is 1. The number of hydrogen-bond acceptors (Lipinski definition) is 14. The normalized spacial score (nSPS) is 21.2. The molecule has 1 heterocycles. The number of nitrogens with one attached hydrogen (secondary N) is 2. The van der Waals surface area contributed by atoms with Crippen LogP contribution in [-0.4, -0.2) is 77.9 Å². The van der Waals surface area contributed by atoms with E-state index in [9.17, 15) is 38.9 Å². The Morgan fingerprint density at radius 3 is 2.07 bits per heavy atom. The number of hydrazine groups is 1. The van der Waals surface area contributed by atoms with Crippen molar-refractivity contribution in [2.75, 3.05) is 6.61 Å². The molecule has 0 bridgehead atoms. The molecule has 1 fully saturated rings. The summed E-state index contributed by atoms with van der Waals surface area (Å²) in [6, 6.07) is 3.35. The van der Waals surface area contributed by atoms with Gasteiger partial charge in [-0.15, -0.1) is 0 Å². The van der Waals surface area contributed by atoms with Gasteiger partial charge in [-0.3, -0.25) is 49.7 Å². The Kier molecular flexibility index (Phi) is 12.1. The van der Waals surface area contributed by atoms with Gasteiger partial charge in [0.25, 0.3) is 17.5 Å². The van der Waals surface area contributed by atoms with Crippen LogP contribution in [0.3, 0.4) is 0 Å². The zero-order chi connectivity index (χ0) is 31.6. The van der Waals surface area contributed by atoms with Crippen molar-refractivity contribution in [2.24, 2.45) is 0 Å². The van der Waals surface area contributed by atoms with Crippen LogP contribution in [0.15, 0.2) is 30.9 Å². The fourth-order valence-corrected chi connectivity index (χ4v) is 3.73. The molecule has 2 N–H and O–H groups in total. The first-order chi connectivity index (χ1) is 19.7. The van der Waals surface area contributed by atoms with Crippen molar-refractivity contribution in [3.8, 4) is 0 Å². The van der Waals surface area contributed by atoms with Gasteiger partial charge in [-0.2, -0.15) is 0 Å². The van der Waals surface area contributed by atoms with E-state index in [4.69, 9.17) is 28.4 Å². The van der Waals surface area contributed by atoms with Crippen molar-refractivity contribution in [1.82, 2.24) is 10.9 Å². The molecule has 1 aliphatic rings. The van der Waals surface area contributed by atoms with Crippen LogP contribution in [0.4, 0.5) is 5.69 Å². The lowest BCUT2D eigenvalue weighted by Gasteiger charge is -2.44. The third-order valence-corrected chi connectivity index (χ3v) is 5.38. The maximum absolute atomic E-state index is 12.3. The Bertz CT molecular complexity index is 1250. The van der Waals surface area contributed by atoms with Gasteiger partial charge in [-0.25, -0.2) is 0 Å². The Labute approximate surface area is 238 Å². The highest BCUT2D eigenvalue weighted by Gasteiger charge is 2.52. The van der Waals surface area contributed by atoms with Gasteiger partial charge in [0.05, 0.1) is 17.1 Å². The molecule has 0 aromatic heterocycles. The number of nitro benzene ring substituents is 1. The van der Waals surface area contributed by atoms with Gasteiger partial charge in [0.15, 0.2) is 24.6 Å². The molecule has 42 heavy (non-hydrogen) atoms. The lowest BCUT2D eigenvalue weighted by Crippen LogP contribution is -2.62. The fraction of sp³-hybridized carbons (Fsp3) is 0.440. The maximum Gasteiger partial charge on any atom is 0.303 e. The number of hydrogen-bond donors (Lipinski definition) is 2. The molecular formula is C25H29N3O14. The lowest BCUT2D eigenvalue weighted by atomic mass is 9.98. The van der Waals surface area contributed by atoms with Crippen molar-refractivity contribution in [3.05, 3.63) is 52.1 Å². The minimum absolute atomic E-state index is 0.0560. The summed E-state index contributed by atoms with van der Waals surface area (Å²) in [6.07, 6.45) is -6.42. The van der Waals surface area contributed by atoms with E-state index >= 15 is 0 Å². The van der Waals surface area contributed by atoms with E-state index in [-0.39, 0.29) is 11.1 Å². The highest BCUT2D eigenvalue weighted by Crippen LogP contribution is 2.31. The molecular weight excluding hydrogens is 566 g/mol. The first-order valence-corrected chi connectivity index (χ1v) is 12.2. The summed E-state index contributed by atoms with van der Waals surface area (Å²) in [5, 5.41) is 11.8. The second kappa shape index (κ2) is 15.2. The quantitative estimate of drug-likeness (QED) is 0.114. The van der Waals surface area contributed by atoms with Crippen LogP contribution < -0.4 is 10.9 Å². The first kappa shape index (κ1) is 33.3. The van der Waals surface area contributed by atoms with Gasteiger partial charge < -0.3 is 28.4 Å².